The molecule has 2 aliphatic rings. The van der Waals surface area contributed by atoms with Gasteiger partial charge in [0.25, 0.3) is 0 Å². The highest BCUT2D eigenvalue weighted by Crippen LogP contribution is 2.21. The lowest BCUT2D eigenvalue weighted by molar-refractivity contribution is 0.146. The smallest absolute Gasteiger partial charge is 0.321 e. The number of nitrogens with one attached hydrogen (secondary N) is 3. The number of urea groups is 2. The number of nitrogens with zero attached hydrogens (tertiary/aromatic N) is 2. The second-order valence-electron chi connectivity index (χ2n) is 7.34. The van der Waals surface area contributed by atoms with Crippen LogP contribution in [0.4, 0.5) is 21.0 Å². The summed E-state index contributed by atoms with van der Waals surface area (Å²) in [6.07, 6.45) is 2.46. The molecule has 7 nitrogen and oxygen atoms in total. The molecule has 2 heterocycles. The lowest BCUT2D eigenvalue weighted by Gasteiger charge is -2.35. The first-order valence-corrected chi connectivity index (χ1v) is 9.47. The number of hydrogen-bond acceptors (Lipinski definition) is 3. The maximum atomic E-state index is 12.2. The third-order valence-electron chi connectivity index (χ3n) is 5.27. The zero-order chi connectivity index (χ0) is 18.5. The first-order chi connectivity index (χ1) is 12.5. The van der Waals surface area contributed by atoms with Gasteiger partial charge in [-0.05, 0) is 57.0 Å². The van der Waals surface area contributed by atoms with Gasteiger partial charge in [0, 0.05) is 37.1 Å². The van der Waals surface area contributed by atoms with Crippen LogP contribution in [0, 0.1) is 5.92 Å². The average molecular weight is 359 g/mol. The van der Waals surface area contributed by atoms with Gasteiger partial charge in [-0.15, -0.1) is 0 Å². The van der Waals surface area contributed by atoms with Gasteiger partial charge >= 0.3 is 12.1 Å². The molecule has 1 aromatic carbocycles. The van der Waals surface area contributed by atoms with Gasteiger partial charge in [-0.1, -0.05) is 13.0 Å². The van der Waals surface area contributed by atoms with Gasteiger partial charge in [0.2, 0.25) is 0 Å². The van der Waals surface area contributed by atoms with Crippen molar-refractivity contribution in [3.8, 4) is 0 Å². The van der Waals surface area contributed by atoms with Crippen molar-refractivity contribution in [2.24, 2.45) is 5.92 Å². The van der Waals surface area contributed by atoms with Crippen molar-refractivity contribution < 1.29 is 9.59 Å². The third kappa shape index (κ3) is 4.66. The summed E-state index contributed by atoms with van der Waals surface area (Å²) in [6.45, 7) is 8.56. The van der Waals surface area contributed by atoms with Gasteiger partial charge in [0.15, 0.2) is 0 Å². The molecule has 0 radical (unpaired) electrons. The number of piperidine rings is 1. The molecule has 2 saturated heterocycles. The van der Waals surface area contributed by atoms with Crippen molar-refractivity contribution in [3.05, 3.63) is 24.3 Å². The molecule has 2 fully saturated rings. The summed E-state index contributed by atoms with van der Waals surface area (Å²) in [5.74, 6) is 0.805. The van der Waals surface area contributed by atoms with Crippen LogP contribution in [0.1, 0.15) is 26.7 Å². The molecule has 2 aliphatic heterocycles. The Balaban J connectivity index is 1.48. The predicted molar refractivity (Wildman–Crippen MR) is 104 cm³/mol. The minimum atomic E-state index is -0.217. The van der Waals surface area contributed by atoms with Crippen molar-refractivity contribution in [2.45, 2.75) is 32.7 Å². The molecule has 0 bridgehead atoms. The van der Waals surface area contributed by atoms with E-state index in [4.69, 9.17) is 0 Å². The predicted octanol–water partition coefficient (Wildman–Crippen LogP) is 2.46. The Morgan fingerprint density at radius 3 is 2.77 bits per heavy atom. The first kappa shape index (κ1) is 18.5. The van der Waals surface area contributed by atoms with Crippen molar-refractivity contribution >= 4 is 23.4 Å². The van der Waals surface area contributed by atoms with Gasteiger partial charge < -0.3 is 16.0 Å². The molecule has 1 aromatic rings. The molecule has 7 heteroatoms. The Labute approximate surface area is 155 Å². The standard InChI is InChI=1S/C19H29N5O2/c1-14-6-9-23(10-7-14)15(2)13-21-18(25)22-16-4-3-5-17(12-16)24-11-8-20-19(24)26/h3-5,12,14-15H,6-11,13H2,1-2H3,(H,20,26)(H2,21,22,25). The molecular weight excluding hydrogens is 330 g/mol. The van der Waals surface area contributed by atoms with Crippen LogP contribution in [0.25, 0.3) is 0 Å². The number of rotatable bonds is 5. The van der Waals surface area contributed by atoms with Crippen LogP contribution in [0.5, 0.6) is 0 Å². The van der Waals surface area contributed by atoms with Gasteiger partial charge in [0.1, 0.15) is 0 Å². The van der Waals surface area contributed by atoms with Crippen LogP contribution in [-0.2, 0) is 0 Å². The van der Waals surface area contributed by atoms with E-state index in [-0.39, 0.29) is 12.1 Å². The van der Waals surface area contributed by atoms with Crippen LogP contribution in [0.3, 0.4) is 0 Å². The number of benzene rings is 1. The minimum absolute atomic E-state index is 0.101. The van der Waals surface area contributed by atoms with Crippen LogP contribution < -0.4 is 20.9 Å². The van der Waals surface area contributed by atoms with Crippen molar-refractivity contribution in [3.63, 3.8) is 0 Å². The topological polar surface area (TPSA) is 76.7 Å². The summed E-state index contributed by atoms with van der Waals surface area (Å²) in [6, 6.07) is 7.36. The number of likely N-dealkylation sites (tertiary alicyclic amines) is 1. The molecule has 1 atom stereocenters. The Morgan fingerprint density at radius 1 is 1.31 bits per heavy atom. The maximum Gasteiger partial charge on any atom is 0.321 e. The number of amides is 4. The molecule has 142 valence electrons. The molecule has 0 saturated carbocycles. The van der Waals surface area contributed by atoms with E-state index in [1.54, 1.807) is 4.90 Å². The van der Waals surface area contributed by atoms with Crippen LogP contribution in [-0.4, -0.2) is 55.7 Å². The highest BCUT2D eigenvalue weighted by atomic mass is 16.2. The molecular formula is C19H29N5O2. The molecule has 3 N–H and O–H groups in total. The second-order valence-corrected chi connectivity index (χ2v) is 7.34. The zero-order valence-corrected chi connectivity index (χ0v) is 15.6. The van der Waals surface area contributed by atoms with Gasteiger partial charge in [0.05, 0.1) is 0 Å². The van der Waals surface area contributed by atoms with Crippen molar-refractivity contribution in [1.82, 2.24) is 15.5 Å². The summed E-state index contributed by atoms with van der Waals surface area (Å²) in [7, 11) is 0. The fourth-order valence-electron chi connectivity index (χ4n) is 3.48. The van der Waals surface area contributed by atoms with E-state index in [1.165, 1.54) is 12.8 Å². The monoisotopic (exact) mass is 359 g/mol. The van der Waals surface area contributed by atoms with E-state index < -0.39 is 0 Å². The molecule has 3 rings (SSSR count). The van der Waals surface area contributed by atoms with E-state index in [0.717, 1.165) is 24.7 Å². The van der Waals surface area contributed by atoms with Crippen LogP contribution >= 0.6 is 0 Å². The molecule has 1 unspecified atom stereocenters. The maximum absolute atomic E-state index is 12.2. The van der Waals surface area contributed by atoms with Crippen molar-refractivity contribution in [1.29, 1.82) is 0 Å². The van der Waals surface area contributed by atoms with Crippen LogP contribution in [0.15, 0.2) is 24.3 Å². The quantitative estimate of drug-likeness (QED) is 0.756. The molecule has 4 amide bonds. The Morgan fingerprint density at radius 2 is 2.08 bits per heavy atom. The summed E-state index contributed by atoms with van der Waals surface area (Å²) in [5, 5.41) is 8.59. The summed E-state index contributed by atoms with van der Waals surface area (Å²) in [4.78, 5) is 28.1. The van der Waals surface area contributed by atoms with E-state index in [1.807, 2.05) is 24.3 Å². The van der Waals surface area contributed by atoms with Crippen LogP contribution in [0.2, 0.25) is 0 Å². The van der Waals surface area contributed by atoms with Gasteiger partial charge in [-0.2, -0.15) is 0 Å². The van der Waals surface area contributed by atoms with E-state index in [9.17, 15) is 9.59 Å². The normalized spacial score (nSPS) is 19.9. The lowest BCUT2D eigenvalue weighted by atomic mass is 9.98. The summed E-state index contributed by atoms with van der Waals surface area (Å²) >= 11 is 0. The SMILES string of the molecule is CC1CCN(C(C)CNC(=O)Nc2cccc(N3CCNC3=O)c2)CC1. The number of carbonyl (C=O) groups excluding carboxylic acids is 2. The van der Waals surface area contributed by atoms with E-state index >= 15 is 0 Å². The summed E-state index contributed by atoms with van der Waals surface area (Å²) < 4.78 is 0. The average Bonchev–Trinajstić information content (AvgIpc) is 3.06. The summed E-state index contributed by atoms with van der Waals surface area (Å²) in [5.41, 5.74) is 1.47. The minimum Gasteiger partial charge on any atom is -0.336 e. The number of carbonyl (C=O) groups is 2. The third-order valence-corrected chi connectivity index (χ3v) is 5.27. The lowest BCUT2D eigenvalue weighted by Crippen LogP contribution is -2.46. The van der Waals surface area contributed by atoms with E-state index in [2.05, 4.69) is 34.7 Å². The number of hydrogen-bond donors (Lipinski definition) is 3. The zero-order valence-electron chi connectivity index (χ0n) is 15.6. The van der Waals surface area contributed by atoms with Gasteiger partial charge in [-0.3, -0.25) is 9.80 Å². The number of anilines is 2. The fourth-order valence-corrected chi connectivity index (χ4v) is 3.48. The Bertz CT molecular complexity index is 643. The highest BCUT2D eigenvalue weighted by Gasteiger charge is 2.22. The first-order valence-electron chi connectivity index (χ1n) is 9.47. The molecule has 0 aromatic heterocycles. The molecule has 0 spiro atoms. The Hall–Kier alpha value is -2.28. The molecule has 0 aliphatic carbocycles. The van der Waals surface area contributed by atoms with E-state index in [0.29, 0.717) is 31.4 Å². The largest absolute Gasteiger partial charge is 0.336 e. The second kappa shape index (κ2) is 8.40. The van der Waals surface area contributed by atoms with Crippen molar-refractivity contribution in [2.75, 3.05) is 42.9 Å². The molecule has 26 heavy (non-hydrogen) atoms. The Kier molecular flexibility index (Phi) is 5.98. The fraction of sp³-hybridized carbons (Fsp3) is 0.579. The highest BCUT2D eigenvalue weighted by molar-refractivity contribution is 5.95. The van der Waals surface area contributed by atoms with Gasteiger partial charge in [-0.25, -0.2) is 9.59 Å².